The van der Waals surface area contributed by atoms with E-state index in [0.29, 0.717) is 25.3 Å². The molecule has 5 N–H and O–H groups in total. The van der Waals surface area contributed by atoms with E-state index in [-0.39, 0.29) is 81.8 Å². The fourth-order valence-electron chi connectivity index (χ4n) is 4.90. The molecule has 1 fully saturated rings. The highest BCUT2D eigenvalue weighted by Gasteiger charge is 2.41. The lowest BCUT2D eigenvalue weighted by Crippen LogP contribution is -2.52. The van der Waals surface area contributed by atoms with Crippen LogP contribution in [-0.2, 0) is 41.7 Å². The van der Waals surface area contributed by atoms with Crippen LogP contribution in [-0.4, -0.2) is 121 Å². The Morgan fingerprint density at radius 1 is 1.11 bits per heavy atom. The van der Waals surface area contributed by atoms with Gasteiger partial charge in [0.25, 0.3) is 11.8 Å². The third kappa shape index (κ3) is 8.37. The van der Waals surface area contributed by atoms with Crippen molar-refractivity contribution >= 4 is 35.2 Å². The van der Waals surface area contributed by atoms with Crippen molar-refractivity contribution in [1.82, 2.24) is 30.6 Å². The average Bonchev–Trinajstić information content (AvgIpc) is 3.64. The van der Waals surface area contributed by atoms with Gasteiger partial charge in [-0.05, 0) is 18.1 Å². The second kappa shape index (κ2) is 15.9. The van der Waals surface area contributed by atoms with E-state index in [2.05, 4.69) is 26.1 Å². The highest BCUT2D eigenvalue weighted by molar-refractivity contribution is 6.14. The molecule has 1 aromatic carbocycles. The predicted molar refractivity (Wildman–Crippen MR) is 153 cm³/mol. The summed E-state index contributed by atoms with van der Waals surface area (Å²) in [5.41, 5.74) is 1.85. The number of likely N-dealkylation sites (N-methyl/N-ethyl adjacent to an activating group) is 1. The number of piperidine rings is 1. The number of carbonyl (C=O) groups is 5. The van der Waals surface area contributed by atoms with Gasteiger partial charge in [-0.15, -0.1) is 0 Å². The van der Waals surface area contributed by atoms with E-state index in [1.54, 1.807) is 31.6 Å². The van der Waals surface area contributed by atoms with Gasteiger partial charge in [-0.25, -0.2) is 0 Å². The number of aromatic amines is 1. The van der Waals surface area contributed by atoms with Crippen molar-refractivity contribution in [1.29, 1.82) is 0 Å². The molecule has 16 heteroatoms. The zero-order chi connectivity index (χ0) is 31.5. The first-order chi connectivity index (χ1) is 21.3. The minimum absolute atomic E-state index is 0.0554. The lowest BCUT2D eigenvalue weighted by Gasteiger charge is -2.29. The van der Waals surface area contributed by atoms with Gasteiger partial charge in [0.1, 0.15) is 12.8 Å². The molecule has 2 aromatic rings. The quantitative estimate of drug-likeness (QED) is 0.0827. The number of benzene rings is 1. The van der Waals surface area contributed by atoms with Crippen LogP contribution in [0.5, 0.6) is 0 Å². The van der Waals surface area contributed by atoms with Crippen LogP contribution >= 0.6 is 0 Å². The number of aliphatic hydroxyl groups is 1. The number of anilines is 1. The molecule has 1 atom stereocenters. The highest BCUT2D eigenvalue weighted by Crippen LogP contribution is 2.33. The molecule has 2 aliphatic heterocycles. The number of amides is 5. The molecule has 44 heavy (non-hydrogen) atoms. The number of aliphatic hydroxyl groups excluding tert-OH is 1. The fraction of sp³-hybridized carbons (Fsp3) is 0.500. The Kier molecular flexibility index (Phi) is 11.8. The number of hydrogen-bond donors (Lipinski definition) is 5. The first-order valence-corrected chi connectivity index (χ1v) is 14.2. The van der Waals surface area contributed by atoms with Gasteiger partial charge < -0.3 is 39.8 Å². The summed E-state index contributed by atoms with van der Waals surface area (Å²) in [6.45, 7) is 1.35. The number of H-pyrrole nitrogens is 1. The maximum atomic E-state index is 13.7. The first kappa shape index (κ1) is 32.5. The van der Waals surface area contributed by atoms with Gasteiger partial charge in [0.15, 0.2) is 0 Å². The molecule has 1 unspecified atom stereocenters. The molecule has 4 rings (SSSR count). The Labute approximate surface area is 253 Å². The largest absolute Gasteiger partial charge is 0.377 e. The van der Waals surface area contributed by atoms with E-state index in [4.69, 9.17) is 19.3 Å². The van der Waals surface area contributed by atoms with Crippen LogP contribution < -0.4 is 16.0 Å². The summed E-state index contributed by atoms with van der Waals surface area (Å²) in [5, 5.41) is 23.2. The topological polar surface area (TPSA) is 205 Å². The van der Waals surface area contributed by atoms with Crippen LogP contribution in [0.3, 0.4) is 0 Å². The number of ether oxygens (including phenoxy) is 3. The predicted octanol–water partition coefficient (Wildman–Crippen LogP) is -1.03. The van der Waals surface area contributed by atoms with Crippen LogP contribution in [0.1, 0.15) is 44.7 Å². The average molecular weight is 616 g/mol. The van der Waals surface area contributed by atoms with Crippen molar-refractivity contribution in [2.75, 3.05) is 65.3 Å². The Morgan fingerprint density at radius 3 is 2.57 bits per heavy atom. The molecule has 0 saturated carbocycles. The fourth-order valence-corrected chi connectivity index (χ4v) is 4.90. The number of carbonyl (C=O) groups excluding carboxylic acids is 5. The third-order valence-electron chi connectivity index (χ3n) is 7.12. The van der Waals surface area contributed by atoms with Gasteiger partial charge >= 0.3 is 0 Å². The zero-order valence-electron chi connectivity index (χ0n) is 24.4. The zero-order valence-corrected chi connectivity index (χ0v) is 24.4. The second-order valence-electron chi connectivity index (χ2n) is 10.2. The summed E-state index contributed by atoms with van der Waals surface area (Å²) in [4.78, 5) is 67.1. The number of rotatable bonds is 17. The van der Waals surface area contributed by atoms with E-state index < -0.39 is 29.7 Å². The first-order valence-electron chi connectivity index (χ1n) is 14.2. The van der Waals surface area contributed by atoms with Gasteiger partial charge in [0.05, 0.1) is 56.9 Å². The Hall–Kier alpha value is -4.38. The van der Waals surface area contributed by atoms with Crippen LogP contribution in [0.4, 0.5) is 5.69 Å². The molecule has 2 aliphatic rings. The van der Waals surface area contributed by atoms with Crippen LogP contribution in [0.15, 0.2) is 24.5 Å². The van der Waals surface area contributed by atoms with Gasteiger partial charge in [-0.2, -0.15) is 5.10 Å². The Morgan fingerprint density at radius 2 is 1.86 bits per heavy atom. The summed E-state index contributed by atoms with van der Waals surface area (Å²) in [6, 6.07) is 2.48. The van der Waals surface area contributed by atoms with Gasteiger partial charge in [0, 0.05) is 50.6 Å². The molecule has 3 heterocycles. The van der Waals surface area contributed by atoms with E-state index in [1.165, 1.54) is 9.80 Å². The van der Waals surface area contributed by atoms with E-state index in [1.807, 2.05) is 0 Å². The minimum atomic E-state index is -0.844. The normalized spacial score (nSPS) is 16.1. The number of imide groups is 1. The second-order valence-corrected chi connectivity index (χ2v) is 10.2. The van der Waals surface area contributed by atoms with Gasteiger partial charge in [-0.1, -0.05) is 6.07 Å². The lowest BCUT2D eigenvalue weighted by atomic mass is 9.99. The molecule has 238 valence electrons. The van der Waals surface area contributed by atoms with E-state index >= 15 is 0 Å². The molecule has 0 aliphatic carbocycles. The molecule has 0 radical (unpaired) electrons. The minimum Gasteiger partial charge on any atom is -0.377 e. The summed E-state index contributed by atoms with van der Waals surface area (Å²) < 4.78 is 15.5. The van der Waals surface area contributed by atoms with Crippen molar-refractivity contribution in [2.45, 2.75) is 32.0 Å². The summed E-state index contributed by atoms with van der Waals surface area (Å²) >= 11 is 0. The summed E-state index contributed by atoms with van der Waals surface area (Å²) in [6.07, 6.45) is 3.59. The van der Waals surface area contributed by atoms with Crippen LogP contribution in [0.25, 0.3) is 0 Å². The SMILES string of the molecule is CN(Cc1cn[nH]c1)C(=O)CNc1ccc2c(c1C(=O)NCCOCCOCCOCO)C(=O)N(C1CCC(=O)NC1=O)C2. The molecule has 1 saturated heterocycles. The van der Waals surface area contributed by atoms with Crippen molar-refractivity contribution in [3.8, 4) is 0 Å². The number of nitrogens with one attached hydrogen (secondary N) is 4. The number of aromatic nitrogens is 2. The van der Waals surface area contributed by atoms with Crippen molar-refractivity contribution in [2.24, 2.45) is 0 Å². The number of nitrogens with zero attached hydrogens (tertiary/aromatic N) is 3. The number of hydrogen-bond acceptors (Lipinski definition) is 11. The number of fused-ring (bicyclic) bond motifs is 1. The molecule has 0 bridgehead atoms. The van der Waals surface area contributed by atoms with Crippen LogP contribution in [0, 0.1) is 0 Å². The Balaban J connectivity index is 1.43. The lowest BCUT2D eigenvalue weighted by molar-refractivity contribution is -0.137. The van der Waals surface area contributed by atoms with Crippen molar-refractivity contribution < 1.29 is 43.3 Å². The highest BCUT2D eigenvalue weighted by atomic mass is 16.6. The van der Waals surface area contributed by atoms with Crippen LogP contribution in [0.2, 0.25) is 0 Å². The Bertz CT molecular complexity index is 1330. The van der Waals surface area contributed by atoms with E-state index in [9.17, 15) is 24.0 Å². The van der Waals surface area contributed by atoms with E-state index in [0.717, 1.165) is 5.56 Å². The monoisotopic (exact) mass is 615 g/mol. The third-order valence-corrected chi connectivity index (χ3v) is 7.12. The maximum Gasteiger partial charge on any atom is 0.256 e. The standard InChI is InChI=1S/C28H37N7O9/c1-34(15-18-12-31-32-13-18)23(38)14-30-20-3-2-19-16-35(21-4-5-22(37)33-26(21)39)28(41)24(19)25(20)27(40)29-6-7-42-8-9-43-10-11-44-17-36/h2-3,12-13,21,30,36H,4-11,14-17H2,1H3,(H,29,40)(H,31,32)(H,33,37,39). The smallest absolute Gasteiger partial charge is 0.256 e. The molecule has 1 aromatic heterocycles. The molecule has 0 spiro atoms. The summed E-state index contributed by atoms with van der Waals surface area (Å²) in [5.74, 6) is -2.27. The molecular weight excluding hydrogens is 578 g/mol. The van der Waals surface area contributed by atoms with Crippen molar-refractivity contribution in [3.05, 3.63) is 46.8 Å². The molecule has 16 nitrogen and oxygen atoms in total. The molecular formula is C28H37N7O9. The van der Waals surface area contributed by atoms with Crippen molar-refractivity contribution in [3.63, 3.8) is 0 Å². The van der Waals surface area contributed by atoms with Gasteiger partial charge in [0.2, 0.25) is 17.7 Å². The maximum absolute atomic E-state index is 13.7. The molecule has 5 amide bonds. The van der Waals surface area contributed by atoms with Gasteiger partial charge in [-0.3, -0.25) is 34.4 Å². The summed E-state index contributed by atoms with van der Waals surface area (Å²) in [7, 11) is 1.64.